The molecule has 0 amide bonds. The second kappa shape index (κ2) is 9.22. The van der Waals surface area contributed by atoms with Gasteiger partial charge in [-0.15, -0.1) is 0 Å². The summed E-state index contributed by atoms with van der Waals surface area (Å²) < 4.78 is 19.2. The van der Waals surface area contributed by atoms with E-state index in [4.69, 9.17) is 9.57 Å². The summed E-state index contributed by atoms with van der Waals surface area (Å²) in [5.41, 5.74) is 4.34. The maximum atomic E-state index is 13.6. The minimum atomic E-state index is -0.732. The molecule has 1 atom stereocenters. The zero-order valence-electron chi connectivity index (χ0n) is 19.7. The Bertz CT molecular complexity index is 1360. The summed E-state index contributed by atoms with van der Waals surface area (Å²) in [5, 5.41) is 13.7. The molecule has 176 valence electrons. The van der Waals surface area contributed by atoms with Gasteiger partial charge in [-0.25, -0.2) is 9.37 Å². The number of hydrogen-bond donors (Lipinski definition) is 0. The molecule has 1 fully saturated rings. The molecule has 0 bridgehead atoms. The van der Waals surface area contributed by atoms with Gasteiger partial charge in [0.2, 0.25) is 5.72 Å². The molecule has 0 N–H and O–H groups in total. The molecule has 1 saturated heterocycles. The summed E-state index contributed by atoms with van der Waals surface area (Å²) in [6, 6.07) is 18.2. The Morgan fingerprint density at radius 3 is 2.77 bits per heavy atom. The number of fused-ring (bicyclic) bond motifs is 1. The number of halogens is 1. The number of ether oxygens (including phenoxy) is 1. The molecule has 7 heteroatoms. The van der Waals surface area contributed by atoms with E-state index in [0.29, 0.717) is 17.9 Å². The summed E-state index contributed by atoms with van der Waals surface area (Å²) in [4.78, 5) is 12.3. The average molecular weight is 469 g/mol. The number of oxime groups is 1. The van der Waals surface area contributed by atoms with Crippen LogP contribution in [0.3, 0.4) is 0 Å². The van der Waals surface area contributed by atoms with E-state index in [1.165, 1.54) is 12.1 Å². The normalized spacial score (nSPS) is 20.1. The molecular weight excluding hydrogens is 443 g/mol. The van der Waals surface area contributed by atoms with Crippen LogP contribution in [-0.2, 0) is 10.6 Å². The smallest absolute Gasteiger partial charge is 0.237 e. The lowest BCUT2D eigenvalue weighted by molar-refractivity contribution is -0.109. The van der Waals surface area contributed by atoms with Crippen LogP contribution in [0.25, 0.3) is 17.2 Å². The van der Waals surface area contributed by atoms with Crippen LogP contribution in [0.4, 0.5) is 4.39 Å². The van der Waals surface area contributed by atoms with E-state index >= 15 is 0 Å². The van der Waals surface area contributed by atoms with Crippen LogP contribution in [0.1, 0.15) is 43.0 Å². The standard InChI is InChI=1S/C28H25FN4O2/c1-3-28(22-7-9-23(29)10-8-22)33-14-4-5-21(27(33)32-35-28)15-19-6-11-25(26(16-19)34-2)20-12-13-31-24(17-20)18-30/h6-13,15-17H,3-5,14H2,1-2H3/b21-15+. The number of benzene rings is 2. The Morgan fingerprint density at radius 1 is 1.20 bits per heavy atom. The molecule has 2 aliphatic rings. The van der Waals surface area contributed by atoms with Gasteiger partial charge in [0.25, 0.3) is 0 Å². The lowest BCUT2D eigenvalue weighted by Crippen LogP contribution is -2.48. The number of rotatable bonds is 5. The number of nitriles is 1. The number of methoxy groups -OCH3 is 1. The van der Waals surface area contributed by atoms with Gasteiger partial charge in [-0.05, 0) is 65.9 Å². The molecular formula is C28H25FN4O2. The highest BCUT2D eigenvalue weighted by molar-refractivity contribution is 6.03. The first-order valence-corrected chi connectivity index (χ1v) is 11.6. The first-order valence-electron chi connectivity index (χ1n) is 11.6. The first-order chi connectivity index (χ1) is 17.1. The lowest BCUT2D eigenvalue weighted by Gasteiger charge is -2.39. The van der Waals surface area contributed by atoms with Gasteiger partial charge >= 0.3 is 0 Å². The van der Waals surface area contributed by atoms with E-state index in [9.17, 15) is 9.65 Å². The Labute approximate surface area is 203 Å². The molecule has 5 rings (SSSR count). The first kappa shape index (κ1) is 22.6. The molecule has 0 spiro atoms. The highest BCUT2D eigenvalue weighted by atomic mass is 19.1. The molecule has 2 aromatic carbocycles. The van der Waals surface area contributed by atoms with Crippen LogP contribution in [0.2, 0.25) is 0 Å². The van der Waals surface area contributed by atoms with E-state index in [1.54, 1.807) is 31.5 Å². The van der Waals surface area contributed by atoms with E-state index in [0.717, 1.165) is 53.0 Å². The van der Waals surface area contributed by atoms with Gasteiger partial charge in [0.1, 0.15) is 23.3 Å². The fraction of sp³-hybridized carbons (Fsp3) is 0.250. The minimum Gasteiger partial charge on any atom is -0.496 e. The molecule has 2 aliphatic heterocycles. The van der Waals surface area contributed by atoms with Gasteiger partial charge in [0.15, 0.2) is 5.84 Å². The maximum absolute atomic E-state index is 13.6. The fourth-order valence-corrected chi connectivity index (χ4v) is 4.86. The maximum Gasteiger partial charge on any atom is 0.237 e. The van der Waals surface area contributed by atoms with Crippen LogP contribution in [0.15, 0.2) is 71.5 Å². The Balaban J connectivity index is 1.47. The number of hydrogen-bond acceptors (Lipinski definition) is 6. The fourth-order valence-electron chi connectivity index (χ4n) is 4.86. The molecule has 0 saturated carbocycles. The summed E-state index contributed by atoms with van der Waals surface area (Å²) >= 11 is 0. The van der Waals surface area contributed by atoms with Crippen LogP contribution < -0.4 is 4.74 Å². The summed E-state index contributed by atoms with van der Waals surface area (Å²) in [7, 11) is 1.64. The van der Waals surface area contributed by atoms with Crippen molar-refractivity contribution >= 4 is 11.9 Å². The van der Waals surface area contributed by atoms with E-state index in [2.05, 4.69) is 34.1 Å². The van der Waals surface area contributed by atoms with Crippen molar-refractivity contribution in [3.8, 4) is 22.9 Å². The number of aromatic nitrogens is 1. The topological polar surface area (TPSA) is 70.7 Å². The molecule has 0 radical (unpaired) electrons. The third kappa shape index (κ3) is 4.01. The molecule has 3 heterocycles. The Hall–Kier alpha value is -4.18. The van der Waals surface area contributed by atoms with Crippen LogP contribution >= 0.6 is 0 Å². The molecule has 3 aromatic rings. The summed E-state index contributed by atoms with van der Waals surface area (Å²) in [6.07, 6.45) is 6.25. The van der Waals surface area contributed by atoms with Crippen molar-refractivity contribution in [2.45, 2.75) is 31.9 Å². The van der Waals surface area contributed by atoms with Crippen molar-refractivity contribution in [3.63, 3.8) is 0 Å². The Morgan fingerprint density at radius 2 is 2.03 bits per heavy atom. The summed E-state index contributed by atoms with van der Waals surface area (Å²) in [5.74, 6) is 1.26. The molecule has 1 aromatic heterocycles. The number of amidine groups is 1. The number of nitrogens with zero attached hydrogens (tertiary/aromatic N) is 4. The van der Waals surface area contributed by atoms with Gasteiger partial charge in [0.05, 0.1) is 7.11 Å². The molecule has 1 unspecified atom stereocenters. The highest BCUT2D eigenvalue weighted by Gasteiger charge is 2.48. The van der Waals surface area contributed by atoms with Crippen molar-refractivity contribution in [2.24, 2.45) is 5.16 Å². The van der Waals surface area contributed by atoms with Crippen LogP contribution in [-0.4, -0.2) is 29.4 Å². The van der Waals surface area contributed by atoms with Crippen molar-refractivity contribution in [3.05, 3.63) is 89.0 Å². The third-order valence-electron chi connectivity index (χ3n) is 6.62. The predicted molar refractivity (Wildman–Crippen MR) is 132 cm³/mol. The second-order valence-corrected chi connectivity index (χ2v) is 8.58. The van der Waals surface area contributed by atoms with Gasteiger partial charge in [0, 0.05) is 30.3 Å². The minimum absolute atomic E-state index is 0.272. The SMILES string of the molecule is CCC1(c2ccc(F)cc2)ON=C2/C(=C/c3ccc(-c4ccnc(C#N)c4)c(OC)c3)CCCN21. The van der Waals surface area contributed by atoms with Crippen molar-refractivity contribution in [1.82, 2.24) is 9.88 Å². The largest absolute Gasteiger partial charge is 0.496 e. The van der Waals surface area contributed by atoms with Gasteiger partial charge in [-0.1, -0.05) is 36.3 Å². The van der Waals surface area contributed by atoms with Crippen molar-refractivity contribution < 1.29 is 14.0 Å². The predicted octanol–water partition coefficient (Wildman–Crippen LogP) is 5.85. The third-order valence-corrected chi connectivity index (χ3v) is 6.62. The van der Waals surface area contributed by atoms with Crippen molar-refractivity contribution in [1.29, 1.82) is 5.26 Å². The second-order valence-electron chi connectivity index (χ2n) is 8.58. The number of piperidine rings is 1. The van der Waals surface area contributed by atoms with E-state index < -0.39 is 5.72 Å². The summed E-state index contributed by atoms with van der Waals surface area (Å²) in [6.45, 7) is 2.87. The zero-order chi connectivity index (χ0) is 24.4. The van der Waals surface area contributed by atoms with Crippen molar-refractivity contribution in [2.75, 3.05) is 13.7 Å². The molecule has 6 nitrogen and oxygen atoms in total. The monoisotopic (exact) mass is 468 g/mol. The zero-order valence-corrected chi connectivity index (χ0v) is 19.7. The lowest BCUT2D eigenvalue weighted by atomic mass is 9.92. The highest BCUT2D eigenvalue weighted by Crippen LogP contribution is 2.43. The quantitative estimate of drug-likeness (QED) is 0.469. The number of pyridine rings is 1. The van der Waals surface area contributed by atoms with Gasteiger partial charge < -0.3 is 14.5 Å². The van der Waals surface area contributed by atoms with E-state index in [-0.39, 0.29) is 5.82 Å². The average Bonchev–Trinajstić information content (AvgIpc) is 3.30. The molecule has 0 aliphatic carbocycles. The van der Waals surface area contributed by atoms with Crippen LogP contribution in [0, 0.1) is 17.1 Å². The van der Waals surface area contributed by atoms with Gasteiger partial charge in [-0.2, -0.15) is 5.26 Å². The molecule has 35 heavy (non-hydrogen) atoms. The van der Waals surface area contributed by atoms with E-state index in [1.807, 2.05) is 24.3 Å². The van der Waals surface area contributed by atoms with Gasteiger partial charge in [-0.3, -0.25) is 0 Å². The van der Waals surface area contributed by atoms with Crippen LogP contribution in [0.5, 0.6) is 5.75 Å². The Kier molecular flexibility index (Phi) is 5.96.